The van der Waals surface area contributed by atoms with E-state index in [1.165, 1.54) is 36.5 Å². The van der Waals surface area contributed by atoms with Gasteiger partial charge in [0.2, 0.25) is 0 Å². The van der Waals surface area contributed by atoms with Gasteiger partial charge in [-0.2, -0.15) is 5.10 Å². The number of hydrogen-bond donors (Lipinski definition) is 1. The molecule has 5 nitrogen and oxygen atoms in total. The third-order valence-corrected chi connectivity index (χ3v) is 4.87. The van der Waals surface area contributed by atoms with Crippen molar-refractivity contribution < 1.29 is 13.6 Å². The van der Waals surface area contributed by atoms with Gasteiger partial charge in [-0.3, -0.25) is 4.79 Å². The lowest BCUT2D eigenvalue weighted by Crippen LogP contribution is -2.16. The Bertz CT molecular complexity index is 1250. The van der Waals surface area contributed by atoms with Crippen LogP contribution in [-0.4, -0.2) is 20.5 Å². The lowest BCUT2D eigenvalue weighted by molar-refractivity contribution is 0.102. The molecule has 0 aliphatic heterocycles. The maximum absolute atomic E-state index is 13.3. The van der Waals surface area contributed by atoms with Gasteiger partial charge in [-0.15, -0.1) is 0 Å². The quantitative estimate of drug-likeness (QED) is 0.542. The summed E-state index contributed by atoms with van der Waals surface area (Å²) in [6, 6.07) is 10.3. The SMILES string of the molecule is Cc1cc(F)ccc1NC(=O)c1cnc2c(-c3ccc(F)cc3)c(C)nn2c1C. The summed E-state index contributed by atoms with van der Waals surface area (Å²) in [6.07, 6.45) is 1.49. The summed E-state index contributed by atoms with van der Waals surface area (Å²) in [5.74, 6) is -1.04. The van der Waals surface area contributed by atoms with E-state index in [1.807, 2.05) is 6.92 Å². The lowest BCUT2D eigenvalue weighted by Gasteiger charge is -2.11. The number of carbonyl (C=O) groups excluding carboxylic acids is 1. The first kappa shape index (κ1) is 18.7. The van der Waals surface area contributed by atoms with Crippen LogP contribution in [0.15, 0.2) is 48.7 Å². The van der Waals surface area contributed by atoms with Crippen LogP contribution in [-0.2, 0) is 0 Å². The van der Waals surface area contributed by atoms with Crippen molar-refractivity contribution in [1.29, 1.82) is 0 Å². The molecule has 0 atom stereocenters. The van der Waals surface area contributed by atoms with E-state index in [4.69, 9.17) is 0 Å². The van der Waals surface area contributed by atoms with Gasteiger partial charge in [0, 0.05) is 17.4 Å². The molecule has 0 aliphatic rings. The minimum absolute atomic E-state index is 0.318. The van der Waals surface area contributed by atoms with E-state index in [1.54, 1.807) is 30.5 Å². The summed E-state index contributed by atoms with van der Waals surface area (Å²) in [5.41, 5.74) is 5.01. The van der Waals surface area contributed by atoms with Crippen LogP contribution in [0.5, 0.6) is 0 Å². The van der Waals surface area contributed by atoms with Crippen LogP contribution in [0, 0.1) is 32.4 Å². The number of hydrogen-bond acceptors (Lipinski definition) is 3. The molecule has 7 heteroatoms. The summed E-state index contributed by atoms with van der Waals surface area (Å²) >= 11 is 0. The lowest BCUT2D eigenvalue weighted by atomic mass is 10.1. The van der Waals surface area contributed by atoms with Crippen LogP contribution < -0.4 is 5.32 Å². The second kappa shape index (κ2) is 7.09. The number of aromatic nitrogens is 3. The van der Waals surface area contributed by atoms with Gasteiger partial charge in [0.05, 0.1) is 17.0 Å². The Hall–Kier alpha value is -3.61. The average Bonchev–Trinajstić information content (AvgIpc) is 3.02. The Balaban J connectivity index is 1.75. The Morgan fingerprint density at radius 3 is 2.38 bits per heavy atom. The van der Waals surface area contributed by atoms with Gasteiger partial charge in [-0.25, -0.2) is 18.3 Å². The molecule has 0 fully saturated rings. The van der Waals surface area contributed by atoms with E-state index in [9.17, 15) is 13.6 Å². The van der Waals surface area contributed by atoms with E-state index in [2.05, 4.69) is 15.4 Å². The van der Waals surface area contributed by atoms with Crippen molar-refractivity contribution >= 4 is 17.2 Å². The molecule has 0 saturated carbocycles. The molecule has 1 N–H and O–H groups in total. The van der Waals surface area contributed by atoms with E-state index in [-0.39, 0.29) is 17.5 Å². The Kier molecular flexibility index (Phi) is 4.58. The molecule has 0 saturated heterocycles. The highest BCUT2D eigenvalue weighted by molar-refractivity contribution is 6.05. The molecular weight excluding hydrogens is 374 g/mol. The van der Waals surface area contributed by atoms with Crippen molar-refractivity contribution in [2.75, 3.05) is 5.32 Å². The van der Waals surface area contributed by atoms with Crippen molar-refractivity contribution in [1.82, 2.24) is 14.6 Å². The van der Waals surface area contributed by atoms with E-state index in [0.717, 1.165) is 16.8 Å². The molecular formula is C22H18F2N4O. The summed E-state index contributed by atoms with van der Waals surface area (Å²) in [5, 5.41) is 7.31. The smallest absolute Gasteiger partial charge is 0.259 e. The van der Waals surface area contributed by atoms with Crippen molar-refractivity contribution in [3.05, 3.63) is 82.8 Å². The first-order valence-electron chi connectivity index (χ1n) is 9.03. The van der Waals surface area contributed by atoms with Crippen LogP contribution in [0.25, 0.3) is 16.8 Å². The monoisotopic (exact) mass is 392 g/mol. The predicted molar refractivity (Wildman–Crippen MR) is 107 cm³/mol. The number of amides is 1. The fraction of sp³-hybridized carbons (Fsp3) is 0.136. The third-order valence-electron chi connectivity index (χ3n) is 4.87. The van der Waals surface area contributed by atoms with Crippen LogP contribution in [0.3, 0.4) is 0 Å². The number of rotatable bonds is 3. The molecule has 29 heavy (non-hydrogen) atoms. The summed E-state index contributed by atoms with van der Waals surface area (Å²) in [4.78, 5) is 17.2. The Morgan fingerprint density at radius 1 is 1.00 bits per heavy atom. The molecule has 4 rings (SSSR count). The normalized spacial score (nSPS) is 11.1. The van der Waals surface area contributed by atoms with Crippen molar-refractivity contribution in [2.45, 2.75) is 20.8 Å². The van der Waals surface area contributed by atoms with Gasteiger partial charge < -0.3 is 5.32 Å². The topological polar surface area (TPSA) is 59.3 Å². The molecule has 4 aromatic rings. The highest BCUT2D eigenvalue weighted by atomic mass is 19.1. The molecule has 2 heterocycles. The van der Waals surface area contributed by atoms with Crippen LogP contribution in [0.2, 0.25) is 0 Å². The standard InChI is InChI=1S/C22H18F2N4O/c1-12-10-17(24)8-9-19(12)26-22(29)18-11-25-21-20(13(2)27-28(21)14(18)3)15-4-6-16(23)7-5-15/h4-11H,1-3H3,(H,26,29). The molecule has 2 aromatic heterocycles. The number of nitrogens with one attached hydrogen (secondary N) is 1. The third kappa shape index (κ3) is 3.35. The second-order valence-corrected chi connectivity index (χ2v) is 6.87. The number of aryl methyl sites for hydroxylation is 3. The fourth-order valence-electron chi connectivity index (χ4n) is 3.34. The fourth-order valence-corrected chi connectivity index (χ4v) is 3.34. The zero-order valence-corrected chi connectivity index (χ0v) is 16.1. The van der Waals surface area contributed by atoms with E-state index in [0.29, 0.717) is 28.2 Å². The molecule has 0 spiro atoms. The van der Waals surface area contributed by atoms with Crippen molar-refractivity contribution in [3.63, 3.8) is 0 Å². The minimum Gasteiger partial charge on any atom is -0.322 e. The highest BCUT2D eigenvalue weighted by Crippen LogP contribution is 2.28. The average molecular weight is 392 g/mol. The van der Waals surface area contributed by atoms with Crippen LogP contribution in [0.1, 0.15) is 27.3 Å². The molecule has 0 aliphatic carbocycles. The Labute approximate surface area is 166 Å². The summed E-state index contributed by atoms with van der Waals surface area (Å²) in [7, 11) is 0. The van der Waals surface area contributed by atoms with Gasteiger partial charge in [-0.1, -0.05) is 12.1 Å². The molecule has 0 bridgehead atoms. The number of anilines is 1. The van der Waals surface area contributed by atoms with Gasteiger partial charge in [0.15, 0.2) is 5.65 Å². The number of nitrogens with zero attached hydrogens (tertiary/aromatic N) is 3. The van der Waals surface area contributed by atoms with Gasteiger partial charge in [-0.05, 0) is 62.2 Å². The number of fused-ring (bicyclic) bond motifs is 1. The number of carbonyl (C=O) groups is 1. The Morgan fingerprint density at radius 2 is 1.69 bits per heavy atom. The molecule has 0 radical (unpaired) electrons. The van der Waals surface area contributed by atoms with Gasteiger partial charge >= 0.3 is 0 Å². The first-order valence-corrected chi connectivity index (χ1v) is 9.03. The maximum Gasteiger partial charge on any atom is 0.259 e. The predicted octanol–water partition coefficient (Wildman–Crippen LogP) is 4.85. The minimum atomic E-state index is -0.361. The van der Waals surface area contributed by atoms with Crippen molar-refractivity contribution in [3.8, 4) is 11.1 Å². The van der Waals surface area contributed by atoms with Crippen LogP contribution in [0.4, 0.5) is 14.5 Å². The number of halogens is 2. The summed E-state index contributed by atoms with van der Waals surface area (Å²) in [6.45, 7) is 5.34. The zero-order chi connectivity index (χ0) is 20.7. The highest BCUT2D eigenvalue weighted by Gasteiger charge is 2.19. The van der Waals surface area contributed by atoms with Crippen LogP contribution >= 0.6 is 0 Å². The zero-order valence-electron chi connectivity index (χ0n) is 16.1. The summed E-state index contributed by atoms with van der Waals surface area (Å²) < 4.78 is 28.2. The molecule has 146 valence electrons. The van der Waals surface area contributed by atoms with Gasteiger partial charge in [0.1, 0.15) is 11.6 Å². The van der Waals surface area contributed by atoms with Crippen molar-refractivity contribution in [2.24, 2.45) is 0 Å². The molecule has 1 amide bonds. The van der Waals surface area contributed by atoms with E-state index < -0.39 is 0 Å². The second-order valence-electron chi connectivity index (χ2n) is 6.87. The molecule has 0 unspecified atom stereocenters. The largest absolute Gasteiger partial charge is 0.322 e. The van der Waals surface area contributed by atoms with Gasteiger partial charge in [0.25, 0.3) is 5.91 Å². The molecule has 2 aromatic carbocycles. The first-order chi connectivity index (χ1) is 13.8. The van der Waals surface area contributed by atoms with E-state index >= 15 is 0 Å². The number of benzene rings is 2. The maximum atomic E-state index is 13.3.